The van der Waals surface area contributed by atoms with Crippen molar-refractivity contribution in [2.75, 3.05) is 41.3 Å². The van der Waals surface area contributed by atoms with Crippen LogP contribution >= 0.6 is 0 Å². The molecule has 0 spiro atoms. The molecule has 0 radical (unpaired) electrons. The van der Waals surface area contributed by atoms with E-state index >= 15 is 0 Å². The highest BCUT2D eigenvalue weighted by Crippen LogP contribution is 2.26. The lowest BCUT2D eigenvalue weighted by Gasteiger charge is -2.29. The van der Waals surface area contributed by atoms with Crippen LogP contribution in [0.25, 0.3) is 0 Å². The Morgan fingerprint density at radius 3 is 2.80 bits per heavy atom. The predicted molar refractivity (Wildman–Crippen MR) is 99.1 cm³/mol. The van der Waals surface area contributed by atoms with Crippen LogP contribution in [0.3, 0.4) is 0 Å². The van der Waals surface area contributed by atoms with E-state index in [-0.39, 0.29) is 12.5 Å². The van der Waals surface area contributed by atoms with E-state index in [4.69, 9.17) is 0 Å². The summed E-state index contributed by atoms with van der Waals surface area (Å²) in [6, 6.07) is 10.1. The Hall–Kier alpha value is -2.63. The lowest BCUT2D eigenvalue weighted by molar-refractivity contribution is -0.117. The number of carbonyl (C=O) groups is 1. The minimum absolute atomic E-state index is 0.0773. The molecule has 25 heavy (non-hydrogen) atoms. The highest BCUT2D eigenvalue weighted by atomic mass is 16.2. The van der Waals surface area contributed by atoms with Crippen molar-refractivity contribution in [3.8, 4) is 0 Å². The molecule has 4 rings (SSSR count). The number of aromatic nitrogens is 2. The predicted octanol–water partition coefficient (Wildman–Crippen LogP) is 2.47. The largest absolute Gasteiger partial charge is 0.361 e. The van der Waals surface area contributed by atoms with E-state index in [1.807, 2.05) is 29.2 Å². The topological polar surface area (TPSA) is 61.4 Å². The third-order valence-corrected chi connectivity index (χ3v) is 4.91. The van der Waals surface area contributed by atoms with Gasteiger partial charge in [-0.05, 0) is 37.3 Å². The van der Waals surface area contributed by atoms with E-state index in [0.717, 1.165) is 44.0 Å². The molecule has 0 aliphatic carbocycles. The highest BCUT2D eigenvalue weighted by molar-refractivity contribution is 5.97. The fourth-order valence-electron chi connectivity index (χ4n) is 3.62. The van der Waals surface area contributed by atoms with Crippen molar-refractivity contribution in [2.45, 2.75) is 25.7 Å². The third kappa shape index (κ3) is 3.43. The first kappa shape index (κ1) is 15.9. The molecule has 1 aromatic carbocycles. The maximum absolute atomic E-state index is 12.7. The van der Waals surface area contributed by atoms with Crippen LogP contribution in [0.15, 0.2) is 36.7 Å². The van der Waals surface area contributed by atoms with Gasteiger partial charge in [-0.15, -0.1) is 0 Å². The molecule has 0 unspecified atom stereocenters. The van der Waals surface area contributed by atoms with E-state index in [1.165, 1.54) is 18.4 Å². The van der Waals surface area contributed by atoms with Crippen molar-refractivity contribution in [3.63, 3.8) is 0 Å². The van der Waals surface area contributed by atoms with Gasteiger partial charge in [-0.1, -0.05) is 18.2 Å². The number of benzene rings is 1. The molecule has 1 aromatic heterocycles. The van der Waals surface area contributed by atoms with Crippen molar-refractivity contribution in [1.29, 1.82) is 0 Å². The summed E-state index contributed by atoms with van der Waals surface area (Å²) in [5, 5.41) is 3.17. The van der Waals surface area contributed by atoms with Crippen molar-refractivity contribution < 1.29 is 4.79 Å². The Morgan fingerprint density at radius 2 is 1.92 bits per heavy atom. The number of rotatable bonds is 4. The summed E-state index contributed by atoms with van der Waals surface area (Å²) >= 11 is 0. The Kier molecular flexibility index (Phi) is 4.50. The van der Waals surface area contributed by atoms with Crippen LogP contribution in [0.2, 0.25) is 0 Å². The number of para-hydroxylation sites is 1. The molecular formula is C19H23N5O. The van der Waals surface area contributed by atoms with Crippen LogP contribution in [0.5, 0.6) is 0 Å². The fourth-order valence-corrected chi connectivity index (χ4v) is 3.62. The lowest BCUT2D eigenvalue weighted by atomic mass is 10.0. The normalized spacial score (nSPS) is 16.6. The third-order valence-electron chi connectivity index (χ3n) is 4.91. The number of anilines is 3. The SMILES string of the molecule is O=C(CNc1cc(N2CCCC2)ncn1)N1CCCc2ccccc21. The minimum Gasteiger partial charge on any atom is -0.361 e. The maximum atomic E-state index is 12.7. The molecule has 6 nitrogen and oxygen atoms in total. The van der Waals surface area contributed by atoms with E-state index in [9.17, 15) is 4.79 Å². The van der Waals surface area contributed by atoms with Gasteiger partial charge in [0.15, 0.2) is 0 Å². The van der Waals surface area contributed by atoms with E-state index in [1.54, 1.807) is 6.33 Å². The smallest absolute Gasteiger partial charge is 0.246 e. The monoisotopic (exact) mass is 337 g/mol. The summed E-state index contributed by atoms with van der Waals surface area (Å²) in [6.07, 6.45) is 6.03. The first-order valence-electron chi connectivity index (χ1n) is 9.00. The van der Waals surface area contributed by atoms with Gasteiger partial charge >= 0.3 is 0 Å². The second kappa shape index (κ2) is 7.09. The quantitative estimate of drug-likeness (QED) is 0.929. The molecule has 3 heterocycles. The molecule has 2 aliphatic heterocycles. The zero-order valence-corrected chi connectivity index (χ0v) is 14.3. The van der Waals surface area contributed by atoms with Crippen molar-refractivity contribution >= 4 is 23.2 Å². The summed E-state index contributed by atoms with van der Waals surface area (Å²) in [6.45, 7) is 3.10. The molecule has 1 fully saturated rings. The van der Waals surface area contributed by atoms with Gasteiger partial charge in [0.1, 0.15) is 18.0 Å². The number of carbonyl (C=O) groups excluding carboxylic acids is 1. The Balaban J connectivity index is 1.42. The van der Waals surface area contributed by atoms with Crippen molar-refractivity contribution in [3.05, 3.63) is 42.2 Å². The lowest BCUT2D eigenvalue weighted by Crippen LogP contribution is -2.39. The van der Waals surface area contributed by atoms with Crippen LogP contribution in [-0.2, 0) is 11.2 Å². The van der Waals surface area contributed by atoms with Gasteiger partial charge < -0.3 is 15.1 Å². The number of fused-ring (bicyclic) bond motifs is 1. The zero-order chi connectivity index (χ0) is 17.1. The van der Waals surface area contributed by atoms with Gasteiger partial charge in [0.2, 0.25) is 5.91 Å². The van der Waals surface area contributed by atoms with Crippen molar-refractivity contribution in [1.82, 2.24) is 9.97 Å². The van der Waals surface area contributed by atoms with E-state index in [2.05, 4.69) is 26.3 Å². The molecule has 1 saturated heterocycles. The van der Waals surface area contributed by atoms with E-state index < -0.39 is 0 Å². The molecule has 0 bridgehead atoms. The molecule has 1 amide bonds. The first-order valence-corrected chi connectivity index (χ1v) is 9.00. The summed E-state index contributed by atoms with van der Waals surface area (Å²) < 4.78 is 0. The number of amides is 1. The summed E-state index contributed by atoms with van der Waals surface area (Å²) in [5.41, 5.74) is 2.29. The standard InChI is InChI=1S/C19H23N5O/c25-19(24-11-5-7-15-6-1-2-8-16(15)24)13-20-17-12-18(22-14-21-17)23-9-3-4-10-23/h1-2,6,8,12,14H,3-5,7,9-11,13H2,(H,20,21,22). The minimum atomic E-state index is 0.0773. The molecule has 0 saturated carbocycles. The number of hydrogen-bond donors (Lipinski definition) is 1. The van der Waals surface area contributed by atoms with Gasteiger partial charge in [-0.3, -0.25) is 4.79 Å². The second-order valence-electron chi connectivity index (χ2n) is 6.59. The average molecular weight is 337 g/mol. The molecule has 130 valence electrons. The van der Waals surface area contributed by atoms with Crippen molar-refractivity contribution in [2.24, 2.45) is 0 Å². The average Bonchev–Trinajstić information content (AvgIpc) is 3.21. The molecule has 0 atom stereocenters. The van der Waals surface area contributed by atoms with Crippen LogP contribution in [0, 0.1) is 0 Å². The van der Waals surface area contributed by atoms with Gasteiger partial charge in [0, 0.05) is 31.4 Å². The Bertz CT molecular complexity index is 757. The molecular weight excluding hydrogens is 314 g/mol. The summed E-state index contributed by atoms with van der Waals surface area (Å²) in [5.74, 6) is 1.72. The summed E-state index contributed by atoms with van der Waals surface area (Å²) in [4.78, 5) is 25.4. The molecule has 2 aromatic rings. The second-order valence-corrected chi connectivity index (χ2v) is 6.59. The number of nitrogens with one attached hydrogen (secondary N) is 1. The molecule has 6 heteroatoms. The van der Waals surface area contributed by atoms with Crippen LogP contribution in [0.4, 0.5) is 17.3 Å². The maximum Gasteiger partial charge on any atom is 0.246 e. The number of aryl methyl sites for hydroxylation is 1. The first-order chi connectivity index (χ1) is 12.3. The van der Waals surface area contributed by atoms with E-state index in [0.29, 0.717) is 5.82 Å². The van der Waals surface area contributed by atoms with Gasteiger partial charge in [-0.2, -0.15) is 0 Å². The number of nitrogens with zero attached hydrogens (tertiary/aromatic N) is 4. The van der Waals surface area contributed by atoms with Crippen LogP contribution < -0.4 is 15.1 Å². The summed E-state index contributed by atoms with van der Waals surface area (Å²) in [7, 11) is 0. The van der Waals surface area contributed by atoms with Crippen LogP contribution in [-0.4, -0.2) is 42.1 Å². The van der Waals surface area contributed by atoms with Gasteiger partial charge in [0.25, 0.3) is 0 Å². The van der Waals surface area contributed by atoms with Crippen LogP contribution in [0.1, 0.15) is 24.8 Å². The molecule has 2 aliphatic rings. The highest BCUT2D eigenvalue weighted by Gasteiger charge is 2.22. The fraction of sp³-hybridized carbons (Fsp3) is 0.421. The van der Waals surface area contributed by atoms with Gasteiger partial charge in [0.05, 0.1) is 6.54 Å². The molecule has 1 N–H and O–H groups in total. The number of hydrogen-bond acceptors (Lipinski definition) is 5. The Morgan fingerprint density at radius 1 is 1.08 bits per heavy atom. The van der Waals surface area contributed by atoms with Gasteiger partial charge in [-0.25, -0.2) is 9.97 Å². The zero-order valence-electron chi connectivity index (χ0n) is 14.3. The Labute approximate surface area is 147 Å².